The molecule has 8 heteroatoms. The standard InChI is InChI=1S/C15H14N8/c16-15-20-13(7-14-21-19-10-23(14)15)18-8-11-3-1-2-4-12(11)22-6-5-17-9-22/h1-7,9-10,18H,8H2,(H2,16,20). The number of aromatic nitrogens is 6. The van der Waals surface area contributed by atoms with Crippen LogP contribution < -0.4 is 11.1 Å². The molecule has 1 aromatic carbocycles. The zero-order valence-electron chi connectivity index (χ0n) is 12.2. The minimum absolute atomic E-state index is 0.345. The van der Waals surface area contributed by atoms with Crippen LogP contribution in [0.15, 0.2) is 55.4 Å². The average Bonchev–Trinajstić information content (AvgIpc) is 3.25. The van der Waals surface area contributed by atoms with Gasteiger partial charge in [-0.2, -0.15) is 4.98 Å². The summed E-state index contributed by atoms with van der Waals surface area (Å²) in [6.07, 6.45) is 6.98. The van der Waals surface area contributed by atoms with Gasteiger partial charge in [0.25, 0.3) is 0 Å². The third-order valence-corrected chi connectivity index (χ3v) is 3.56. The Balaban J connectivity index is 1.61. The van der Waals surface area contributed by atoms with E-state index in [1.807, 2.05) is 35.0 Å². The molecule has 0 aliphatic heterocycles. The van der Waals surface area contributed by atoms with Crippen molar-refractivity contribution in [3.05, 3.63) is 60.9 Å². The SMILES string of the molecule is Nc1nc(NCc2ccccc2-n2ccnc2)cc2nncn12. The fraction of sp³-hybridized carbons (Fsp3) is 0.0667. The van der Waals surface area contributed by atoms with Gasteiger partial charge in [-0.25, -0.2) is 4.98 Å². The van der Waals surface area contributed by atoms with E-state index in [2.05, 4.69) is 31.5 Å². The number of imidazole rings is 1. The number of nitrogen functional groups attached to an aromatic ring is 1. The quantitative estimate of drug-likeness (QED) is 0.593. The van der Waals surface area contributed by atoms with Gasteiger partial charge in [0.05, 0.1) is 12.0 Å². The predicted octanol–water partition coefficient (Wildman–Crippen LogP) is 1.50. The van der Waals surface area contributed by atoms with E-state index in [0.29, 0.717) is 24.0 Å². The largest absolute Gasteiger partial charge is 0.369 e. The molecule has 0 atom stereocenters. The molecule has 0 saturated heterocycles. The Morgan fingerprint density at radius 1 is 1.17 bits per heavy atom. The van der Waals surface area contributed by atoms with Crippen molar-refractivity contribution in [2.45, 2.75) is 6.54 Å². The molecule has 0 aliphatic carbocycles. The highest BCUT2D eigenvalue weighted by atomic mass is 15.3. The Hall–Kier alpha value is -3.42. The third-order valence-electron chi connectivity index (χ3n) is 3.56. The zero-order valence-corrected chi connectivity index (χ0v) is 12.2. The van der Waals surface area contributed by atoms with E-state index in [4.69, 9.17) is 5.73 Å². The van der Waals surface area contributed by atoms with Gasteiger partial charge in [0.1, 0.15) is 12.1 Å². The summed E-state index contributed by atoms with van der Waals surface area (Å²) in [5, 5.41) is 11.1. The van der Waals surface area contributed by atoms with E-state index in [1.165, 1.54) is 6.33 Å². The van der Waals surface area contributed by atoms with Gasteiger partial charge in [0, 0.05) is 25.0 Å². The van der Waals surface area contributed by atoms with Crippen LogP contribution in [-0.4, -0.2) is 29.1 Å². The maximum Gasteiger partial charge on any atom is 0.209 e. The van der Waals surface area contributed by atoms with Crippen molar-refractivity contribution < 1.29 is 0 Å². The summed E-state index contributed by atoms with van der Waals surface area (Å²) in [4.78, 5) is 8.41. The molecule has 0 aliphatic rings. The minimum Gasteiger partial charge on any atom is -0.369 e. The molecule has 3 aromatic heterocycles. The average molecular weight is 306 g/mol. The number of fused-ring (bicyclic) bond motifs is 1. The number of hydrogen-bond donors (Lipinski definition) is 2. The number of hydrogen-bond acceptors (Lipinski definition) is 6. The molecule has 0 bridgehead atoms. The third kappa shape index (κ3) is 2.46. The van der Waals surface area contributed by atoms with Crippen LogP contribution in [0.4, 0.5) is 11.8 Å². The van der Waals surface area contributed by atoms with Gasteiger partial charge in [-0.15, -0.1) is 10.2 Å². The van der Waals surface area contributed by atoms with Gasteiger partial charge < -0.3 is 15.6 Å². The van der Waals surface area contributed by atoms with Crippen molar-refractivity contribution in [1.82, 2.24) is 29.1 Å². The van der Waals surface area contributed by atoms with Crippen molar-refractivity contribution in [2.24, 2.45) is 0 Å². The Kier molecular flexibility index (Phi) is 3.12. The molecule has 114 valence electrons. The lowest BCUT2D eigenvalue weighted by Crippen LogP contribution is -2.08. The molecule has 0 unspecified atom stereocenters. The summed E-state index contributed by atoms with van der Waals surface area (Å²) in [6, 6.07) is 9.91. The van der Waals surface area contributed by atoms with Gasteiger partial charge in [-0.05, 0) is 11.6 Å². The Bertz CT molecular complexity index is 941. The van der Waals surface area contributed by atoms with Crippen molar-refractivity contribution in [3.63, 3.8) is 0 Å². The van der Waals surface area contributed by atoms with Gasteiger partial charge >= 0.3 is 0 Å². The van der Waals surface area contributed by atoms with Gasteiger partial charge in [-0.1, -0.05) is 18.2 Å². The van der Waals surface area contributed by atoms with Gasteiger partial charge in [0.15, 0.2) is 5.65 Å². The van der Waals surface area contributed by atoms with E-state index < -0.39 is 0 Å². The molecular weight excluding hydrogens is 292 g/mol. The summed E-state index contributed by atoms with van der Waals surface area (Å²) >= 11 is 0. The summed E-state index contributed by atoms with van der Waals surface area (Å²) in [5.74, 6) is 1.00. The highest BCUT2D eigenvalue weighted by Crippen LogP contribution is 2.17. The molecule has 4 aromatic rings. The molecule has 0 spiro atoms. The van der Waals surface area contributed by atoms with Crippen LogP contribution in [-0.2, 0) is 6.54 Å². The van der Waals surface area contributed by atoms with Crippen molar-refractivity contribution in [1.29, 1.82) is 0 Å². The number of nitrogens with zero attached hydrogens (tertiary/aromatic N) is 6. The lowest BCUT2D eigenvalue weighted by Gasteiger charge is -2.12. The van der Waals surface area contributed by atoms with E-state index in [-0.39, 0.29) is 0 Å². The zero-order chi connectivity index (χ0) is 15.6. The summed E-state index contributed by atoms with van der Waals surface area (Å²) in [7, 11) is 0. The van der Waals surface area contributed by atoms with Crippen LogP contribution in [0.2, 0.25) is 0 Å². The van der Waals surface area contributed by atoms with Crippen LogP contribution in [0.5, 0.6) is 0 Å². The van der Waals surface area contributed by atoms with E-state index in [1.54, 1.807) is 16.9 Å². The van der Waals surface area contributed by atoms with Gasteiger partial charge in [-0.3, -0.25) is 4.40 Å². The molecule has 0 fully saturated rings. The second-order valence-electron chi connectivity index (χ2n) is 5.01. The minimum atomic E-state index is 0.345. The van der Waals surface area contributed by atoms with Crippen LogP contribution in [0.25, 0.3) is 11.3 Å². The highest BCUT2D eigenvalue weighted by molar-refractivity contribution is 5.54. The predicted molar refractivity (Wildman–Crippen MR) is 86.1 cm³/mol. The van der Waals surface area contributed by atoms with Gasteiger partial charge in [0.2, 0.25) is 5.95 Å². The molecule has 3 N–H and O–H groups in total. The number of nitrogens with two attached hydrogens (primary N) is 1. The summed E-state index contributed by atoms with van der Waals surface area (Å²) in [6.45, 7) is 0.602. The maximum absolute atomic E-state index is 5.90. The number of nitrogens with one attached hydrogen (secondary N) is 1. The Morgan fingerprint density at radius 2 is 2.09 bits per heavy atom. The van der Waals surface area contributed by atoms with Crippen molar-refractivity contribution in [3.8, 4) is 5.69 Å². The highest BCUT2D eigenvalue weighted by Gasteiger charge is 2.07. The fourth-order valence-corrected chi connectivity index (χ4v) is 2.44. The number of rotatable bonds is 4. The normalized spacial score (nSPS) is 11.0. The first-order valence-electron chi connectivity index (χ1n) is 7.07. The Labute approximate surface area is 131 Å². The second-order valence-corrected chi connectivity index (χ2v) is 5.01. The second kappa shape index (κ2) is 5.41. The molecule has 3 heterocycles. The fourth-order valence-electron chi connectivity index (χ4n) is 2.44. The first-order chi connectivity index (χ1) is 11.3. The number of anilines is 2. The van der Waals surface area contributed by atoms with Crippen molar-refractivity contribution in [2.75, 3.05) is 11.1 Å². The first-order valence-corrected chi connectivity index (χ1v) is 7.07. The van der Waals surface area contributed by atoms with E-state index in [9.17, 15) is 0 Å². The topological polar surface area (TPSA) is 98.9 Å². The lowest BCUT2D eigenvalue weighted by atomic mass is 10.1. The molecule has 0 radical (unpaired) electrons. The smallest absolute Gasteiger partial charge is 0.209 e. The van der Waals surface area contributed by atoms with Crippen LogP contribution in [0, 0.1) is 0 Å². The Morgan fingerprint density at radius 3 is 2.96 bits per heavy atom. The maximum atomic E-state index is 5.90. The monoisotopic (exact) mass is 306 g/mol. The number of benzene rings is 1. The van der Waals surface area contributed by atoms with Crippen LogP contribution >= 0.6 is 0 Å². The van der Waals surface area contributed by atoms with Crippen molar-refractivity contribution >= 4 is 17.4 Å². The molecule has 8 nitrogen and oxygen atoms in total. The first kappa shape index (κ1) is 13.3. The van der Waals surface area contributed by atoms with E-state index >= 15 is 0 Å². The molecular formula is C15H14N8. The van der Waals surface area contributed by atoms with E-state index in [0.717, 1.165) is 11.3 Å². The van der Waals surface area contributed by atoms with Crippen LogP contribution in [0.1, 0.15) is 5.56 Å². The molecule has 0 amide bonds. The summed E-state index contributed by atoms with van der Waals surface area (Å²) in [5.41, 5.74) is 8.73. The lowest BCUT2D eigenvalue weighted by molar-refractivity contribution is 0.998. The summed E-state index contributed by atoms with van der Waals surface area (Å²) < 4.78 is 3.60. The molecule has 4 rings (SSSR count). The molecule has 23 heavy (non-hydrogen) atoms. The molecule has 0 saturated carbocycles. The number of para-hydroxylation sites is 1. The van der Waals surface area contributed by atoms with Crippen LogP contribution in [0.3, 0.4) is 0 Å².